The Balaban J connectivity index is 1.64. The Hall–Kier alpha value is -0.130. The van der Waals surface area contributed by atoms with Gasteiger partial charge in [-0.25, -0.2) is 8.42 Å². The van der Waals surface area contributed by atoms with Crippen molar-refractivity contribution in [2.45, 2.75) is 50.1 Å². The predicted octanol–water partition coefficient (Wildman–Crippen LogP) is 1.26. The molecular formula is C16H28N2O2S. The Bertz CT molecular complexity index is 502. The van der Waals surface area contributed by atoms with Crippen LogP contribution in [0.2, 0.25) is 0 Å². The third-order valence-corrected chi connectivity index (χ3v) is 9.04. The lowest BCUT2D eigenvalue weighted by atomic mass is 9.48. The van der Waals surface area contributed by atoms with Crippen LogP contribution in [-0.2, 0) is 9.84 Å². The molecule has 1 aliphatic heterocycles. The molecule has 0 spiro atoms. The first kappa shape index (κ1) is 14.5. The van der Waals surface area contributed by atoms with Crippen LogP contribution in [0.4, 0.5) is 0 Å². The highest BCUT2D eigenvalue weighted by molar-refractivity contribution is 7.91. The summed E-state index contributed by atoms with van der Waals surface area (Å²) >= 11 is 0. The van der Waals surface area contributed by atoms with Crippen molar-refractivity contribution < 1.29 is 8.42 Å². The SMILES string of the molecule is CN(C1CCS(=O)(=O)C1)C1(CN)C2CC3CC(C2)CC1C3. The van der Waals surface area contributed by atoms with Crippen molar-refractivity contribution in [3.63, 3.8) is 0 Å². The Labute approximate surface area is 128 Å². The number of hydrogen-bond donors (Lipinski definition) is 1. The zero-order chi connectivity index (χ0) is 14.8. The minimum absolute atomic E-state index is 0.0813. The Morgan fingerprint density at radius 2 is 1.67 bits per heavy atom. The Morgan fingerprint density at radius 3 is 2.10 bits per heavy atom. The van der Waals surface area contributed by atoms with Gasteiger partial charge in [0.05, 0.1) is 11.5 Å². The van der Waals surface area contributed by atoms with Gasteiger partial charge in [-0.1, -0.05) is 0 Å². The van der Waals surface area contributed by atoms with Gasteiger partial charge in [-0.2, -0.15) is 0 Å². The van der Waals surface area contributed by atoms with Gasteiger partial charge in [-0.15, -0.1) is 0 Å². The Kier molecular flexibility index (Phi) is 3.22. The summed E-state index contributed by atoms with van der Waals surface area (Å²) in [5, 5.41) is 0. The van der Waals surface area contributed by atoms with Crippen LogP contribution >= 0.6 is 0 Å². The molecule has 5 aliphatic rings. The zero-order valence-electron chi connectivity index (χ0n) is 13.0. The molecule has 0 aromatic rings. The molecule has 0 aromatic carbocycles. The summed E-state index contributed by atoms with van der Waals surface area (Å²) in [6.07, 6.45) is 7.55. The molecule has 1 saturated heterocycles. The van der Waals surface area contributed by atoms with Crippen molar-refractivity contribution in [2.24, 2.45) is 29.4 Å². The first-order valence-corrected chi connectivity index (χ1v) is 10.4. The van der Waals surface area contributed by atoms with Crippen molar-refractivity contribution in [3.8, 4) is 0 Å². The maximum atomic E-state index is 11.9. The molecule has 1 unspecified atom stereocenters. The predicted molar refractivity (Wildman–Crippen MR) is 83.7 cm³/mol. The smallest absolute Gasteiger partial charge is 0.151 e. The maximum Gasteiger partial charge on any atom is 0.151 e. The third kappa shape index (κ3) is 2.03. The van der Waals surface area contributed by atoms with Gasteiger partial charge < -0.3 is 5.73 Å². The monoisotopic (exact) mass is 312 g/mol. The van der Waals surface area contributed by atoms with E-state index in [9.17, 15) is 8.42 Å². The summed E-state index contributed by atoms with van der Waals surface area (Å²) in [5.74, 6) is 3.96. The molecule has 5 heteroatoms. The number of hydrogen-bond acceptors (Lipinski definition) is 4. The van der Waals surface area contributed by atoms with Crippen LogP contribution in [0.3, 0.4) is 0 Å². The van der Waals surface area contributed by atoms with Crippen molar-refractivity contribution in [1.29, 1.82) is 0 Å². The van der Waals surface area contributed by atoms with Crippen LogP contribution < -0.4 is 5.73 Å². The highest BCUT2D eigenvalue weighted by Gasteiger charge is 2.59. The van der Waals surface area contributed by atoms with Crippen molar-refractivity contribution in [2.75, 3.05) is 25.1 Å². The molecule has 0 amide bonds. The second kappa shape index (κ2) is 4.68. The molecule has 1 atom stereocenters. The lowest BCUT2D eigenvalue weighted by Gasteiger charge is -2.64. The molecule has 0 aromatic heterocycles. The van der Waals surface area contributed by atoms with E-state index in [1.165, 1.54) is 32.1 Å². The second-order valence-corrected chi connectivity index (χ2v) is 10.4. The maximum absolute atomic E-state index is 11.9. The molecule has 5 rings (SSSR count). The van der Waals surface area contributed by atoms with Crippen LogP contribution in [0.25, 0.3) is 0 Å². The summed E-state index contributed by atoms with van der Waals surface area (Å²) < 4.78 is 23.7. The van der Waals surface area contributed by atoms with E-state index < -0.39 is 9.84 Å². The second-order valence-electron chi connectivity index (χ2n) is 8.17. The van der Waals surface area contributed by atoms with E-state index in [-0.39, 0.29) is 11.6 Å². The molecule has 5 fully saturated rings. The molecule has 4 bridgehead atoms. The van der Waals surface area contributed by atoms with Crippen LogP contribution in [0.1, 0.15) is 38.5 Å². The van der Waals surface area contributed by atoms with E-state index in [1.54, 1.807) is 0 Å². The van der Waals surface area contributed by atoms with E-state index in [0.29, 0.717) is 29.9 Å². The highest BCUT2D eigenvalue weighted by atomic mass is 32.2. The summed E-state index contributed by atoms with van der Waals surface area (Å²) in [6.45, 7) is 0.703. The summed E-state index contributed by atoms with van der Waals surface area (Å²) in [6, 6.07) is 0.191. The van der Waals surface area contributed by atoms with E-state index in [1.807, 2.05) is 0 Å². The molecule has 21 heavy (non-hydrogen) atoms. The average Bonchev–Trinajstić information content (AvgIpc) is 2.78. The number of rotatable bonds is 3. The fourth-order valence-corrected chi connectivity index (χ4v) is 8.25. The molecular weight excluding hydrogens is 284 g/mol. The van der Waals surface area contributed by atoms with E-state index >= 15 is 0 Å². The minimum atomic E-state index is -2.82. The third-order valence-electron chi connectivity index (χ3n) is 7.29. The average molecular weight is 312 g/mol. The number of likely N-dealkylation sites (N-methyl/N-ethyl adjacent to an activating group) is 1. The number of nitrogens with zero attached hydrogens (tertiary/aromatic N) is 1. The first-order chi connectivity index (χ1) is 9.94. The molecule has 120 valence electrons. The van der Waals surface area contributed by atoms with E-state index in [4.69, 9.17) is 5.73 Å². The first-order valence-electron chi connectivity index (χ1n) is 8.58. The number of nitrogens with two attached hydrogens (primary N) is 1. The largest absolute Gasteiger partial charge is 0.329 e. The molecule has 4 saturated carbocycles. The molecule has 4 aliphatic carbocycles. The quantitative estimate of drug-likeness (QED) is 0.852. The summed E-state index contributed by atoms with van der Waals surface area (Å²) in [7, 11) is -0.655. The van der Waals surface area contributed by atoms with Crippen molar-refractivity contribution in [1.82, 2.24) is 4.90 Å². The van der Waals surface area contributed by atoms with Gasteiger partial charge in [-0.05, 0) is 69.2 Å². The zero-order valence-corrected chi connectivity index (χ0v) is 13.8. The lowest BCUT2D eigenvalue weighted by molar-refractivity contribution is -0.132. The van der Waals surface area contributed by atoms with E-state index in [2.05, 4.69) is 11.9 Å². The fraction of sp³-hybridized carbons (Fsp3) is 1.00. The van der Waals surface area contributed by atoms with Crippen LogP contribution in [0, 0.1) is 23.7 Å². The van der Waals surface area contributed by atoms with Crippen molar-refractivity contribution >= 4 is 9.84 Å². The lowest BCUT2D eigenvalue weighted by Crippen LogP contribution is -2.70. The standard InChI is InChI=1S/C16H28N2O2S/c1-18(15-2-3-21(19,20)9-15)16(10-17)13-5-11-4-12(7-13)8-14(16)6-11/h11-15H,2-10,17H2,1H3. The number of sulfone groups is 1. The topological polar surface area (TPSA) is 63.4 Å². The fourth-order valence-electron chi connectivity index (χ4n) is 6.47. The molecule has 0 radical (unpaired) electrons. The van der Waals surface area contributed by atoms with Gasteiger partial charge in [0.25, 0.3) is 0 Å². The molecule has 1 heterocycles. The van der Waals surface area contributed by atoms with Gasteiger partial charge >= 0.3 is 0 Å². The summed E-state index contributed by atoms with van der Waals surface area (Å²) in [4.78, 5) is 2.44. The van der Waals surface area contributed by atoms with Crippen LogP contribution in [0.15, 0.2) is 0 Å². The van der Waals surface area contributed by atoms with Gasteiger partial charge in [0.15, 0.2) is 9.84 Å². The molecule has 4 nitrogen and oxygen atoms in total. The minimum Gasteiger partial charge on any atom is -0.329 e. The normalized spacial score (nSPS) is 50.9. The van der Waals surface area contributed by atoms with E-state index in [0.717, 1.165) is 18.3 Å². The van der Waals surface area contributed by atoms with Crippen LogP contribution in [0.5, 0.6) is 0 Å². The van der Waals surface area contributed by atoms with Crippen LogP contribution in [-0.4, -0.2) is 50.0 Å². The van der Waals surface area contributed by atoms with Gasteiger partial charge in [0.2, 0.25) is 0 Å². The van der Waals surface area contributed by atoms with Gasteiger partial charge in [0.1, 0.15) is 0 Å². The van der Waals surface area contributed by atoms with Gasteiger partial charge in [0, 0.05) is 18.1 Å². The highest BCUT2D eigenvalue weighted by Crippen LogP contribution is 2.60. The van der Waals surface area contributed by atoms with Gasteiger partial charge in [-0.3, -0.25) is 4.90 Å². The summed E-state index contributed by atoms with van der Waals surface area (Å²) in [5.41, 5.74) is 6.42. The van der Waals surface area contributed by atoms with Crippen molar-refractivity contribution in [3.05, 3.63) is 0 Å². The Morgan fingerprint density at radius 1 is 1.10 bits per heavy atom. The molecule has 2 N–H and O–H groups in total.